The Hall–Kier alpha value is -3.02. The van der Waals surface area contributed by atoms with Crippen LogP contribution in [0.1, 0.15) is 25.6 Å². The SMILES string of the molecule is CCN(CC)c1ccc([C@@H]2N=C(N)Nc3nc4ccccc4n32)cc1. The second-order valence-electron chi connectivity index (χ2n) is 6.07. The number of nitrogens with two attached hydrogens (primary N) is 1. The minimum absolute atomic E-state index is 0.214. The first-order valence-corrected chi connectivity index (χ1v) is 8.63. The van der Waals surface area contributed by atoms with Crippen LogP contribution in [0.2, 0.25) is 0 Å². The van der Waals surface area contributed by atoms with Crippen LogP contribution in [0.4, 0.5) is 11.6 Å². The number of rotatable bonds is 4. The summed E-state index contributed by atoms with van der Waals surface area (Å²) >= 11 is 0. The third kappa shape index (κ3) is 2.59. The number of para-hydroxylation sites is 2. The van der Waals surface area contributed by atoms with E-state index in [0.29, 0.717) is 5.96 Å². The highest BCUT2D eigenvalue weighted by molar-refractivity contribution is 5.94. The van der Waals surface area contributed by atoms with Crippen molar-refractivity contribution in [3.63, 3.8) is 0 Å². The van der Waals surface area contributed by atoms with Gasteiger partial charge in [0, 0.05) is 18.8 Å². The number of nitrogens with zero attached hydrogens (tertiary/aromatic N) is 4. The molecule has 25 heavy (non-hydrogen) atoms. The van der Waals surface area contributed by atoms with Crippen molar-refractivity contribution in [1.82, 2.24) is 9.55 Å². The van der Waals surface area contributed by atoms with Crippen molar-refractivity contribution in [2.75, 3.05) is 23.3 Å². The maximum Gasteiger partial charge on any atom is 0.212 e. The van der Waals surface area contributed by atoms with E-state index in [2.05, 4.69) is 68.9 Å². The van der Waals surface area contributed by atoms with Gasteiger partial charge in [0.2, 0.25) is 5.95 Å². The minimum Gasteiger partial charge on any atom is -0.372 e. The van der Waals surface area contributed by atoms with Crippen molar-refractivity contribution in [3.05, 3.63) is 54.1 Å². The summed E-state index contributed by atoms with van der Waals surface area (Å²) in [6.45, 7) is 6.31. The van der Waals surface area contributed by atoms with E-state index in [-0.39, 0.29) is 6.17 Å². The number of aromatic nitrogens is 2. The summed E-state index contributed by atoms with van der Waals surface area (Å²) in [5.74, 6) is 1.12. The molecule has 0 spiro atoms. The maximum atomic E-state index is 6.00. The highest BCUT2D eigenvalue weighted by atomic mass is 15.4. The first kappa shape index (κ1) is 15.5. The van der Waals surface area contributed by atoms with Crippen LogP contribution in [0, 0.1) is 0 Å². The monoisotopic (exact) mass is 334 g/mol. The van der Waals surface area contributed by atoms with Crippen molar-refractivity contribution in [2.45, 2.75) is 20.0 Å². The Labute approximate surface area is 147 Å². The summed E-state index contributed by atoms with van der Waals surface area (Å²) in [7, 11) is 0. The number of guanidine groups is 1. The van der Waals surface area contributed by atoms with E-state index in [0.717, 1.165) is 35.6 Å². The molecule has 4 rings (SSSR count). The summed E-state index contributed by atoms with van der Waals surface area (Å²) in [6, 6.07) is 16.6. The molecule has 0 saturated heterocycles. The van der Waals surface area contributed by atoms with Crippen LogP contribution in [0.15, 0.2) is 53.5 Å². The van der Waals surface area contributed by atoms with Crippen LogP contribution in [0.25, 0.3) is 11.0 Å². The number of hydrogen-bond donors (Lipinski definition) is 2. The molecule has 6 nitrogen and oxygen atoms in total. The molecule has 2 aromatic carbocycles. The lowest BCUT2D eigenvalue weighted by Gasteiger charge is -2.25. The van der Waals surface area contributed by atoms with Crippen LogP contribution in [0.5, 0.6) is 0 Å². The highest BCUT2D eigenvalue weighted by Gasteiger charge is 2.24. The molecule has 0 saturated carbocycles. The Bertz CT molecular complexity index is 921. The standard InChI is InChI=1S/C19H22N6/c1-3-24(4-2)14-11-9-13(10-12-14)17-22-18(20)23-19-21-15-7-5-6-8-16(15)25(17)19/h5-12,17H,3-4H2,1-2H3,(H3,20,21,22,23)/t17-/m1/s1. The van der Waals surface area contributed by atoms with Gasteiger partial charge in [-0.1, -0.05) is 24.3 Å². The molecule has 3 aromatic rings. The molecule has 0 bridgehead atoms. The van der Waals surface area contributed by atoms with Crippen LogP contribution < -0.4 is 16.0 Å². The molecular formula is C19H22N6. The Morgan fingerprint density at radius 3 is 2.52 bits per heavy atom. The number of imidazole rings is 1. The van der Waals surface area contributed by atoms with E-state index in [9.17, 15) is 0 Å². The molecule has 128 valence electrons. The van der Waals surface area contributed by atoms with Crippen molar-refractivity contribution in [2.24, 2.45) is 10.7 Å². The quantitative estimate of drug-likeness (QED) is 0.769. The Kier molecular flexibility index (Phi) is 3.80. The van der Waals surface area contributed by atoms with Gasteiger partial charge >= 0.3 is 0 Å². The van der Waals surface area contributed by atoms with E-state index >= 15 is 0 Å². The molecule has 0 fully saturated rings. The molecule has 1 atom stereocenters. The zero-order chi connectivity index (χ0) is 17.4. The van der Waals surface area contributed by atoms with Gasteiger partial charge in [-0.2, -0.15) is 0 Å². The molecule has 0 radical (unpaired) electrons. The Morgan fingerprint density at radius 2 is 1.80 bits per heavy atom. The lowest BCUT2D eigenvalue weighted by Crippen LogP contribution is -2.31. The summed E-state index contributed by atoms with van der Waals surface area (Å²) in [6.07, 6.45) is -0.214. The third-order valence-electron chi connectivity index (χ3n) is 4.66. The van der Waals surface area contributed by atoms with E-state index in [4.69, 9.17) is 5.73 Å². The van der Waals surface area contributed by atoms with E-state index in [1.807, 2.05) is 18.2 Å². The second kappa shape index (κ2) is 6.12. The maximum absolute atomic E-state index is 6.00. The largest absolute Gasteiger partial charge is 0.372 e. The molecule has 1 aliphatic heterocycles. The van der Waals surface area contributed by atoms with Crippen molar-refractivity contribution < 1.29 is 0 Å². The van der Waals surface area contributed by atoms with Crippen molar-refractivity contribution in [3.8, 4) is 0 Å². The van der Waals surface area contributed by atoms with Crippen molar-refractivity contribution >= 4 is 28.6 Å². The van der Waals surface area contributed by atoms with Crippen LogP contribution >= 0.6 is 0 Å². The number of hydrogen-bond acceptors (Lipinski definition) is 5. The molecule has 6 heteroatoms. The zero-order valence-corrected chi connectivity index (χ0v) is 14.5. The van der Waals surface area contributed by atoms with Gasteiger partial charge in [-0.15, -0.1) is 0 Å². The predicted molar refractivity (Wildman–Crippen MR) is 103 cm³/mol. The molecule has 0 unspecified atom stereocenters. The van der Waals surface area contributed by atoms with E-state index in [1.54, 1.807) is 0 Å². The average molecular weight is 334 g/mol. The van der Waals surface area contributed by atoms with Gasteiger partial charge in [0.1, 0.15) is 0 Å². The van der Waals surface area contributed by atoms with Gasteiger partial charge in [0.15, 0.2) is 12.1 Å². The number of benzene rings is 2. The first-order valence-electron chi connectivity index (χ1n) is 8.63. The summed E-state index contributed by atoms with van der Waals surface area (Å²) < 4.78 is 2.10. The smallest absolute Gasteiger partial charge is 0.212 e. The molecule has 0 amide bonds. The fraction of sp³-hybridized carbons (Fsp3) is 0.263. The number of fused-ring (bicyclic) bond motifs is 3. The van der Waals surface area contributed by atoms with Gasteiger partial charge in [-0.25, -0.2) is 9.98 Å². The summed E-state index contributed by atoms with van der Waals surface area (Å²) in [4.78, 5) is 11.6. The minimum atomic E-state index is -0.214. The van der Waals surface area contributed by atoms with Gasteiger partial charge in [-0.05, 0) is 43.7 Å². The van der Waals surface area contributed by atoms with Crippen LogP contribution in [-0.4, -0.2) is 28.6 Å². The molecule has 2 heterocycles. The summed E-state index contributed by atoms with van der Waals surface area (Å²) in [5, 5.41) is 3.07. The Morgan fingerprint density at radius 1 is 1.08 bits per heavy atom. The highest BCUT2D eigenvalue weighted by Crippen LogP contribution is 2.32. The third-order valence-corrected chi connectivity index (χ3v) is 4.66. The second-order valence-corrected chi connectivity index (χ2v) is 6.07. The van der Waals surface area contributed by atoms with Gasteiger partial charge in [0.05, 0.1) is 11.0 Å². The average Bonchev–Trinajstić information content (AvgIpc) is 3.00. The first-order chi connectivity index (χ1) is 12.2. The van der Waals surface area contributed by atoms with Crippen molar-refractivity contribution in [1.29, 1.82) is 0 Å². The van der Waals surface area contributed by atoms with Gasteiger partial charge in [-0.3, -0.25) is 9.88 Å². The van der Waals surface area contributed by atoms with E-state index < -0.39 is 0 Å². The topological polar surface area (TPSA) is 71.5 Å². The number of nitrogens with one attached hydrogen (secondary N) is 1. The summed E-state index contributed by atoms with van der Waals surface area (Å²) in [5.41, 5.74) is 10.3. The predicted octanol–water partition coefficient (Wildman–Crippen LogP) is 3.17. The van der Waals surface area contributed by atoms with Crippen LogP contribution in [-0.2, 0) is 0 Å². The van der Waals surface area contributed by atoms with Gasteiger partial charge < -0.3 is 10.6 Å². The van der Waals surface area contributed by atoms with E-state index in [1.165, 1.54) is 5.69 Å². The molecule has 1 aliphatic rings. The lowest BCUT2D eigenvalue weighted by atomic mass is 10.1. The molecule has 3 N–H and O–H groups in total. The Balaban J connectivity index is 1.79. The normalized spacial score (nSPS) is 16.2. The molecule has 0 aliphatic carbocycles. The fourth-order valence-electron chi connectivity index (χ4n) is 3.39. The fourth-order valence-corrected chi connectivity index (χ4v) is 3.39. The molecule has 1 aromatic heterocycles. The molecular weight excluding hydrogens is 312 g/mol. The number of anilines is 2. The van der Waals surface area contributed by atoms with Crippen LogP contribution in [0.3, 0.4) is 0 Å². The van der Waals surface area contributed by atoms with Gasteiger partial charge in [0.25, 0.3) is 0 Å². The zero-order valence-electron chi connectivity index (χ0n) is 14.5. The number of aliphatic imine (C=N–C) groups is 1. The lowest BCUT2D eigenvalue weighted by molar-refractivity contribution is 0.626.